The van der Waals surface area contributed by atoms with Crippen molar-refractivity contribution in [3.63, 3.8) is 0 Å². The van der Waals surface area contributed by atoms with E-state index in [1.165, 1.54) is 23.5 Å². The van der Waals surface area contributed by atoms with Gasteiger partial charge in [0, 0.05) is 6.54 Å². The third kappa shape index (κ3) is 4.78. The molecule has 0 aliphatic carbocycles. The largest absolute Gasteiger partial charge is 0.478 e. The van der Waals surface area contributed by atoms with Crippen LogP contribution in [0.2, 0.25) is 0 Å². The van der Waals surface area contributed by atoms with Crippen LogP contribution < -0.4 is 5.32 Å². The van der Waals surface area contributed by atoms with E-state index in [2.05, 4.69) is 10.3 Å². The molecule has 0 spiro atoms. The Kier molecular flexibility index (Phi) is 5.77. The zero-order valence-corrected chi connectivity index (χ0v) is 17.5. The minimum atomic E-state index is -1.00. The quantitative estimate of drug-likeness (QED) is 0.449. The number of fused-ring (bicyclic) bond motifs is 1. The van der Waals surface area contributed by atoms with Gasteiger partial charge >= 0.3 is 5.97 Å². The SMILES string of the molecule is Cc1cc(-c2ccc3nc(CC(=O)NCc4cccc(C(=O)O)c4)sc3c2)ccc1F. The number of carbonyl (C=O) groups excluding carboxylic acids is 1. The van der Waals surface area contributed by atoms with Crippen LogP contribution in [-0.4, -0.2) is 22.0 Å². The fourth-order valence-corrected chi connectivity index (χ4v) is 4.27. The molecule has 1 aromatic heterocycles. The zero-order chi connectivity index (χ0) is 22.0. The third-order valence-corrected chi connectivity index (χ3v) is 5.92. The number of nitrogens with zero attached hydrogens (tertiary/aromatic N) is 1. The van der Waals surface area contributed by atoms with Crippen LogP contribution in [0.25, 0.3) is 21.3 Å². The lowest BCUT2D eigenvalue weighted by Crippen LogP contribution is -2.24. The van der Waals surface area contributed by atoms with Gasteiger partial charge < -0.3 is 10.4 Å². The van der Waals surface area contributed by atoms with Gasteiger partial charge in [-0.2, -0.15) is 0 Å². The van der Waals surface area contributed by atoms with E-state index in [1.54, 1.807) is 31.2 Å². The van der Waals surface area contributed by atoms with Crippen molar-refractivity contribution in [3.05, 3.63) is 88.2 Å². The number of amides is 1. The molecule has 4 rings (SSSR count). The van der Waals surface area contributed by atoms with E-state index in [9.17, 15) is 14.0 Å². The van der Waals surface area contributed by atoms with Gasteiger partial charge in [-0.3, -0.25) is 4.79 Å². The highest BCUT2D eigenvalue weighted by Gasteiger charge is 2.11. The first kappa shape index (κ1) is 20.7. The fourth-order valence-electron chi connectivity index (χ4n) is 3.27. The van der Waals surface area contributed by atoms with Crippen molar-refractivity contribution in [2.75, 3.05) is 0 Å². The molecular weight excluding hydrogens is 415 g/mol. The van der Waals surface area contributed by atoms with Crippen molar-refractivity contribution in [1.29, 1.82) is 0 Å². The van der Waals surface area contributed by atoms with Crippen molar-refractivity contribution < 1.29 is 19.1 Å². The number of hydrogen-bond donors (Lipinski definition) is 2. The molecule has 7 heteroatoms. The number of carboxylic acid groups (broad SMARTS) is 1. The first-order chi connectivity index (χ1) is 14.9. The van der Waals surface area contributed by atoms with Crippen molar-refractivity contribution in [2.24, 2.45) is 0 Å². The van der Waals surface area contributed by atoms with E-state index in [1.807, 2.05) is 24.3 Å². The number of aromatic nitrogens is 1. The second kappa shape index (κ2) is 8.65. The average molecular weight is 434 g/mol. The molecule has 5 nitrogen and oxygen atoms in total. The predicted molar refractivity (Wildman–Crippen MR) is 119 cm³/mol. The highest BCUT2D eigenvalue weighted by molar-refractivity contribution is 7.18. The number of aromatic carboxylic acids is 1. The molecule has 31 heavy (non-hydrogen) atoms. The summed E-state index contributed by atoms with van der Waals surface area (Å²) < 4.78 is 14.5. The summed E-state index contributed by atoms with van der Waals surface area (Å²) in [6, 6.07) is 17.3. The maximum Gasteiger partial charge on any atom is 0.335 e. The summed E-state index contributed by atoms with van der Waals surface area (Å²) in [5.41, 5.74) is 4.20. The summed E-state index contributed by atoms with van der Waals surface area (Å²) >= 11 is 1.45. The van der Waals surface area contributed by atoms with Crippen LogP contribution in [0.1, 0.15) is 26.5 Å². The van der Waals surface area contributed by atoms with Gasteiger partial charge in [0.2, 0.25) is 5.91 Å². The molecule has 0 saturated carbocycles. The van der Waals surface area contributed by atoms with E-state index in [4.69, 9.17) is 5.11 Å². The predicted octanol–water partition coefficient (Wildman–Crippen LogP) is 4.97. The van der Waals surface area contributed by atoms with Gasteiger partial charge in [0.05, 0.1) is 22.2 Å². The standard InChI is InChI=1S/C24H19FN2O3S/c1-14-9-16(5-7-19(14)25)17-6-8-20-21(11-17)31-23(27-20)12-22(28)26-13-15-3-2-4-18(10-15)24(29)30/h2-11H,12-13H2,1H3,(H,26,28)(H,29,30). The number of aryl methyl sites for hydroxylation is 1. The number of halogens is 1. The van der Waals surface area contributed by atoms with E-state index < -0.39 is 5.97 Å². The van der Waals surface area contributed by atoms with E-state index in [0.717, 1.165) is 26.9 Å². The number of hydrogen-bond acceptors (Lipinski definition) is 4. The molecule has 3 aromatic carbocycles. The van der Waals surface area contributed by atoms with Gasteiger partial charge in [0.25, 0.3) is 0 Å². The summed E-state index contributed by atoms with van der Waals surface area (Å²) in [6.07, 6.45) is 0.142. The lowest BCUT2D eigenvalue weighted by atomic mass is 10.0. The molecule has 2 N–H and O–H groups in total. The smallest absolute Gasteiger partial charge is 0.335 e. The van der Waals surface area contributed by atoms with Crippen LogP contribution in [0.4, 0.5) is 4.39 Å². The van der Waals surface area contributed by atoms with Gasteiger partial charge in [0.15, 0.2) is 0 Å². The Bertz CT molecular complexity index is 1300. The summed E-state index contributed by atoms with van der Waals surface area (Å²) in [5, 5.41) is 12.6. The second-order valence-corrected chi connectivity index (χ2v) is 8.33. The molecule has 1 amide bonds. The number of rotatable bonds is 6. The monoisotopic (exact) mass is 434 g/mol. The van der Waals surface area contributed by atoms with Gasteiger partial charge in [-0.1, -0.05) is 24.3 Å². The Morgan fingerprint density at radius 1 is 1.06 bits per heavy atom. The van der Waals surface area contributed by atoms with Crippen LogP contribution >= 0.6 is 11.3 Å². The maximum atomic E-state index is 13.5. The van der Waals surface area contributed by atoms with Gasteiger partial charge in [0.1, 0.15) is 10.8 Å². The fraction of sp³-hybridized carbons (Fsp3) is 0.125. The molecule has 0 aliphatic rings. The number of nitrogens with one attached hydrogen (secondary N) is 1. The average Bonchev–Trinajstić information content (AvgIpc) is 3.15. The first-order valence-electron chi connectivity index (χ1n) is 9.64. The highest BCUT2D eigenvalue weighted by atomic mass is 32.1. The van der Waals surface area contributed by atoms with E-state index >= 15 is 0 Å². The van der Waals surface area contributed by atoms with Crippen LogP contribution in [0, 0.1) is 12.7 Å². The summed E-state index contributed by atoms with van der Waals surface area (Å²) in [6.45, 7) is 1.98. The highest BCUT2D eigenvalue weighted by Crippen LogP contribution is 2.29. The second-order valence-electron chi connectivity index (χ2n) is 7.21. The van der Waals surface area contributed by atoms with Gasteiger partial charge in [-0.05, 0) is 65.6 Å². The molecule has 0 fully saturated rings. The molecular formula is C24H19FN2O3S. The molecule has 0 aliphatic heterocycles. The lowest BCUT2D eigenvalue weighted by molar-refractivity contribution is -0.120. The number of carboxylic acids is 1. The van der Waals surface area contributed by atoms with Crippen molar-refractivity contribution >= 4 is 33.4 Å². The van der Waals surface area contributed by atoms with E-state index in [0.29, 0.717) is 10.6 Å². The van der Waals surface area contributed by atoms with Crippen LogP contribution in [0.3, 0.4) is 0 Å². The van der Waals surface area contributed by atoms with Crippen molar-refractivity contribution in [2.45, 2.75) is 19.9 Å². The van der Waals surface area contributed by atoms with E-state index in [-0.39, 0.29) is 30.3 Å². The Morgan fingerprint density at radius 3 is 2.61 bits per heavy atom. The number of benzene rings is 3. The molecule has 0 bridgehead atoms. The summed E-state index contributed by atoms with van der Waals surface area (Å²) in [5.74, 6) is -1.42. The Morgan fingerprint density at radius 2 is 1.84 bits per heavy atom. The first-order valence-corrected chi connectivity index (χ1v) is 10.5. The summed E-state index contributed by atoms with van der Waals surface area (Å²) in [4.78, 5) is 27.9. The Balaban J connectivity index is 1.45. The molecule has 0 unspecified atom stereocenters. The molecule has 156 valence electrons. The zero-order valence-electron chi connectivity index (χ0n) is 16.7. The Labute approximate surface area is 182 Å². The lowest BCUT2D eigenvalue weighted by Gasteiger charge is -2.05. The van der Waals surface area contributed by atoms with Crippen LogP contribution in [-0.2, 0) is 17.8 Å². The Hall–Kier alpha value is -3.58. The minimum absolute atomic E-state index is 0.142. The van der Waals surface area contributed by atoms with Gasteiger partial charge in [-0.15, -0.1) is 11.3 Å². The van der Waals surface area contributed by atoms with Crippen molar-refractivity contribution in [3.8, 4) is 11.1 Å². The maximum absolute atomic E-state index is 13.5. The van der Waals surface area contributed by atoms with Crippen LogP contribution in [0.15, 0.2) is 60.7 Å². The van der Waals surface area contributed by atoms with Crippen molar-refractivity contribution in [1.82, 2.24) is 10.3 Å². The minimum Gasteiger partial charge on any atom is -0.478 e. The molecule has 0 saturated heterocycles. The number of thiazole rings is 1. The topological polar surface area (TPSA) is 79.3 Å². The molecule has 0 atom stereocenters. The summed E-state index contributed by atoms with van der Waals surface area (Å²) in [7, 11) is 0. The molecule has 1 heterocycles. The third-order valence-electron chi connectivity index (χ3n) is 4.90. The molecule has 4 aromatic rings. The van der Waals surface area contributed by atoms with Crippen LogP contribution in [0.5, 0.6) is 0 Å². The number of carbonyl (C=O) groups is 2. The van der Waals surface area contributed by atoms with Gasteiger partial charge in [-0.25, -0.2) is 14.2 Å². The molecule has 0 radical (unpaired) electrons. The normalized spacial score (nSPS) is 10.9.